The minimum atomic E-state index is 0.139. The van der Waals surface area contributed by atoms with Crippen molar-refractivity contribution < 1.29 is 5.11 Å². The van der Waals surface area contributed by atoms with E-state index in [4.69, 9.17) is 11.6 Å². The fraction of sp³-hybridized carbons (Fsp3) is 0.267. The summed E-state index contributed by atoms with van der Waals surface area (Å²) < 4.78 is 0. The van der Waals surface area contributed by atoms with Crippen molar-refractivity contribution in [3.8, 4) is 5.75 Å². The fourth-order valence-electron chi connectivity index (χ4n) is 1.88. The standard InChI is InChI=1S/C15H17ClN2O/c1-10-6-7-15(19)14(18-10)9-17-11(2)12-4-3-5-13(16)8-12/h3-8,11,17,19H,9H2,1-2H3/t11-/m0/s1. The molecular weight excluding hydrogens is 260 g/mol. The molecular formula is C15H17ClN2O. The number of aryl methyl sites for hydroxylation is 1. The molecule has 4 heteroatoms. The first-order valence-corrected chi connectivity index (χ1v) is 6.58. The van der Waals surface area contributed by atoms with Crippen LogP contribution in [0.5, 0.6) is 5.75 Å². The van der Waals surface area contributed by atoms with E-state index in [0.29, 0.717) is 12.2 Å². The lowest BCUT2D eigenvalue weighted by Gasteiger charge is -2.15. The maximum Gasteiger partial charge on any atom is 0.138 e. The Balaban J connectivity index is 2.04. The number of aromatic nitrogens is 1. The second-order valence-corrected chi connectivity index (χ2v) is 5.01. The zero-order valence-corrected chi connectivity index (χ0v) is 11.8. The number of rotatable bonds is 4. The molecule has 0 aliphatic rings. The molecule has 1 aromatic carbocycles. The summed E-state index contributed by atoms with van der Waals surface area (Å²) in [5.41, 5.74) is 2.67. The van der Waals surface area contributed by atoms with E-state index in [0.717, 1.165) is 16.3 Å². The maximum absolute atomic E-state index is 9.74. The molecule has 19 heavy (non-hydrogen) atoms. The Hall–Kier alpha value is -1.58. The van der Waals surface area contributed by atoms with Crippen molar-refractivity contribution >= 4 is 11.6 Å². The average molecular weight is 277 g/mol. The second kappa shape index (κ2) is 6.04. The summed E-state index contributed by atoms with van der Waals surface area (Å²) in [4.78, 5) is 4.32. The number of halogens is 1. The normalized spacial score (nSPS) is 12.4. The summed E-state index contributed by atoms with van der Waals surface area (Å²) in [7, 11) is 0. The lowest BCUT2D eigenvalue weighted by Crippen LogP contribution is -2.19. The number of pyridine rings is 1. The summed E-state index contributed by atoms with van der Waals surface area (Å²) >= 11 is 5.97. The zero-order chi connectivity index (χ0) is 13.8. The third-order valence-electron chi connectivity index (χ3n) is 3.01. The van der Waals surface area contributed by atoms with Crippen molar-refractivity contribution in [3.05, 3.63) is 58.4 Å². The van der Waals surface area contributed by atoms with E-state index in [-0.39, 0.29) is 11.8 Å². The van der Waals surface area contributed by atoms with Gasteiger partial charge in [0.25, 0.3) is 0 Å². The molecule has 0 saturated heterocycles. The van der Waals surface area contributed by atoms with Gasteiger partial charge in [0.1, 0.15) is 5.75 Å². The Morgan fingerprint density at radius 3 is 2.84 bits per heavy atom. The van der Waals surface area contributed by atoms with Crippen LogP contribution in [-0.2, 0) is 6.54 Å². The highest BCUT2D eigenvalue weighted by molar-refractivity contribution is 6.30. The van der Waals surface area contributed by atoms with E-state index in [1.165, 1.54) is 0 Å². The third kappa shape index (κ3) is 3.69. The topological polar surface area (TPSA) is 45.1 Å². The first-order chi connectivity index (χ1) is 9.06. The van der Waals surface area contributed by atoms with Crippen LogP contribution in [0.3, 0.4) is 0 Å². The molecule has 1 heterocycles. The Morgan fingerprint density at radius 1 is 1.32 bits per heavy atom. The van der Waals surface area contributed by atoms with Crippen molar-refractivity contribution in [2.45, 2.75) is 26.4 Å². The van der Waals surface area contributed by atoms with Crippen molar-refractivity contribution in [1.29, 1.82) is 0 Å². The largest absolute Gasteiger partial charge is 0.506 e. The van der Waals surface area contributed by atoms with Crippen LogP contribution >= 0.6 is 11.6 Å². The molecule has 0 fully saturated rings. The van der Waals surface area contributed by atoms with Crippen LogP contribution in [0.4, 0.5) is 0 Å². The predicted octanol–water partition coefficient (Wildman–Crippen LogP) is 3.60. The molecule has 3 nitrogen and oxygen atoms in total. The molecule has 2 N–H and O–H groups in total. The SMILES string of the molecule is Cc1ccc(O)c(CN[C@@H](C)c2cccc(Cl)c2)n1. The first kappa shape index (κ1) is 13.8. The molecule has 0 saturated carbocycles. The molecule has 0 bridgehead atoms. The lowest BCUT2D eigenvalue weighted by molar-refractivity contribution is 0.454. The van der Waals surface area contributed by atoms with Gasteiger partial charge in [-0.05, 0) is 43.7 Å². The van der Waals surface area contributed by atoms with Crippen LogP contribution in [-0.4, -0.2) is 10.1 Å². The molecule has 2 aromatic rings. The lowest BCUT2D eigenvalue weighted by atomic mass is 10.1. The fourth-order valence-corrected chi connectivity index (χ4v) is 2.08. The Bertz CT molecular complexity index is 572. The summed E-state index contributed by atoms with van der Waals surface area (Å²) in [5, 5.41) is 13.8. The second-order valence-electron chi connectivity index (χ2n) is 4.58. The molecule has 0 radical (unpaired) electrons. The van der Waals surface area contributed by atoms with Crippen LogP contribution in [0, 0.1) is 6.92 Å². The number of nitrogens with zero attached hydrogens (tertiary/aromatic N) is 1. The molecule has 1 atom stereocenters. The maximum atomic E-state index is 9.74. The van der Waals surface area contributed by atoms with Crippen LogP contribution in [0.1, 0.15) is 29.9 Å². The van der Waals surface area contributed by atoms with Crippen molar-refractivity contribution in [2.75, 3.05) is 0 Å². The van der Waals surface area contributed by atoms with Crippen LogP contribution in [0.25, 0.3) is 0 Å². The first-order valence-electron chi connectivity index (χ1n) is 6.20. The number of hydrogen-bond donors (Lipinski definition) is 2. The average Bonchev–Trinajstić information content (AvgIpc) is 2.39. The highest BCUT2D eigenvalue weighted by Crippen LogP contribution is 2.19. The number of nitrogens with one attached hydrogen (secondary N) is 1. The van der Waals surface area contributed by atoms with Crippen LogP contribution in [0.2, 0.25) is 5.02 Å². The van der Waals surface area contributed by atoms with Crippen LogP contribution < -0.4 is 5.32 Å². The Morgan fingerprint density at radius 2 is 2.11 bits per heavy atom. The van der Waals surface area contributed by atoms with E-state index in [2.05, 4.69) is 17.2 Å². The van der Waals surface area contributed by atoms with Gasteiger partial charge in [-0.2, -0.15) is 0 Å². The molecule has 0 unspecified atom stereocenters. The van der Waals surface area contributed by atoms with Crippen molar-refractivity contribution in [1.82, 2.24) is 10.3 Å². The van der Waals surface area contributed by atoms with Crippen molar-refractivity contribution in [2.24, 2.45) is 0 Å². The van der Waals surface area contributed by atoms with Gasteiger partial charge in [-0.3, -0.25) is 4.98 Å². The molecule has 0 aliphatic carbocycles. The smallest absolute Gasteiger partial charge is 0.138 e. The van der Waals surface area contributed by atoms with E-state index < -0.39 is 0 Å². The van der Waals surface area contributed by atoms with E-state index >= 15 is 0 Å². The van der Waals surface area contributed by atoms with E-state index in [1.54, 1.807) is 12.1 Å². The van der Waals surface area contributed by atoms with Crippen molar-refractivity contribution in [3.63, 3.8) is 0 Å². The quantitative estimate of drug-likeness (QED) is 0.897. The Kier molecular flexibility index (Phi) is 4.40. The van der Waals surface area contributed by atoms with Gasteiger partial charge in [-0.15, -0.1) is 0 Å². The van der Waals surface area contributed by atoms with E-state index in [1.807, 2.05) is 31.2 Å². The summed E-state index contributed by atoms with van der Waals surface area (Å²) in [6.07, 6.45) is 0. The minimum absolute atomic E-state index is 0.139. The molecule has 100 valence electrons. The zero-order valence-electron chi connectivity index (χ0n) is 11.0. The monoisotopic (exact) mass is 276 g/mol. The predicted molar refractivity (Wildman–Crippen MR) is 77.3 cm³/mol. The van der Waals surface area contributed by atoms with Gasteiger partial charge in [-0.1, -0.05) is 23.7 Å². The highest BCUT2D eigenvalue weighted by Gasteiger charge is 2.08. The summed E-state index contributed by atoms with van der Waals surface area (Å²) in [6, 6.07) is 11.3. The van der Waals surface area contributed by atoms with Gasteiger partial charge in [0, 0.05) is 23.3 Å². The van der Waals surface area contributed by atoms with Gasteiger partial charge in [0.2, 0.25) is 0 Å². The molecule has 2 rings (SSSR count). The van der Waals surface area contributed by atoms with Gasteiger partial charge in [-0.25, -0.2) is 0 Å². The third-order valence-corrected chi connectivity index (χ3v) is 3.25. The Labute approximate surface area is 118 Å². The molecule has 0 aliphatic heterocycles. The van der Waals surface area contributed by atoms with E-state index in [9.17, 15) is 5.11 Å². The number of benzene rings is 1. The van der Waals surface area contributed by atoms with Gasteiger partial charge >= 0.3 is 0 Å². The number of hydrogen-bond acceptors (Lipinski definition) is 3. The molecule has 1 aromatic heterocycles. The van der Waals surface area contributed by atoms with Gasteiger partial charge in [0.15, 0.2) is 0 Å². The minimum Gasteiger partial charge on any atom is -0.506 e. The highest BCUT2D eigenvalue weighted by atomic mass is 35.5. The summed E-state index contributed by atoms with van der Waals surface area (Å²) in [6.45, 7) is 4.48. The van der Waals surface area contributed by atoms with Gasteiger partial charge < -0.3 is 10.4 Å². The molecule has 0 amide bonds. The number of aromatic hydroxyl groups is 1. The molecule has 0 spiro atoms. The van der Waals surface area contributed by atoms with Gasteiger partial charge in [0.05, 0.1) is 5.69 Å². The summed E-state index contributed by atoms with van der Waals surface area (Å²) in [5.74, 6) is 0.219. The van der Waals surface area contributed by atoms with Crippen LogP contribution in [0.15, 0.2) is 36.4 Å².